The van der Waals surface area contributed by atoms with E-state index in [0.29, 0.717) is 19.1 Å². The summed E-state index contributed by atoms with van der Waals surface area (Å²) in [6, 6.07) is 14.0. The Hall–Kier alpha value is -2.77. The standard InChI is InChI=1S/C21H27N3O3.3CHO.Re/c1-27-20-8-3-2-7-19(20)17-9-12-23(13-10-17)16-24(15-21(25)26)14-18-6-4-5-11-22-18;3*1-2;/h2-8,11,17H,9-10,12-16H2,1H3,(H,25,26);3*1H;/q;3*-1;. The number of piperidine rings is 1. The van der Waals surface area contributed by atoms with Crippen molar-refractivity contribution in [3.05, 3.63) is 59.9 Å². The molecule has 0 bridgehead atoms. The molecule has 0 saturated carbocycles. The molecule has 0 atom stereocenters. The Labute approximate surface area is 214 Å². The summed E-state index contributed by atoms with van der Waals surface area (Å²) in [5.41, 5.74) is 2.16. The number of carbonyl (C=O) groups excluding carboxylic acids is 3. The van der Waals surface area contributed by atoms with E-state index in [1.165, 1.54) is 5.56 Å². The van der Waals surface area contributed by atoms with Crippen molar-refractivity contribution >= 4 is 26.3 Å². The second-order valence-electron chi connectivity index (χ2n) is 6.98. The Balaban J connectivity index is 0. The van der Waals surface area contributed by atoms with Crippen LogP contribution in [0.2, 0.25) is 0 Å². The second-order valence-corrected chi connectivity index (χ2v) is 6.98. The maximum atomic E-state index is 11.3. The number of nitrogens with zero attached hydrogens (tertiary/aromatic N) is 3. The van der Waals surface area contributed by atoms with E-state index in [4.69, 9.17) is 19.1 Å². The molecule has 0 unspecified atom stereocenters. The van der Waals surface area contributed by atoms with Gasteiger partial charge in [0.2, 0.25) is 0 Å². The van der Waals surface area contributed by atoms with Gasteiger partial charge in [-0.3, -0.25) is 39.9 Å². The van der Waals surface area contributed by atoms with Crippen LogP contribution in [-0.2, 0) is 46.1 Å². The third kappa shape index (κ3) is 11.9. The van der Waals surface area contributed by atoms with E-state index in [1.807, 2.05) is 35.2 Å². The number of likely N-dealkylation sites (tertiary alicyclic amines) is 1. The summed E-state index contributed by atoms with van der Waals surface area (Å²) in [5, 5.41) is 9.25. The molecule has 1 fully saturated rings. The van der Waals surface area contributed by atoms with Gasteiger partial charge in [-0.1, -0.05) is 24.3 Å². The summed E-state index contributed by atoms with van der Waals surface area (Å²) in [6.45, 7) is 12.8. The zero-order valence-corrected chi connectivity index (χ0v) is 21.8. The van der Waals surface area contributed by atoms with Crippen molar-refractivity contribution in [2.45, 2.75) is 25.3 Å². The third-order valence-corrected chi connectivity index (χ3v) is 5.04. The van der Waals surface area contributed by atoms with Gasteiger partial charge in [-0.2, -0.15) is 0 Å². The number of benzene rings is 1. The molecule has 10 heteroatoms. The Kier molecular flexibility index (Phi) is 20.4. The van der Waals surface area contributed by atoms with Crippen LogP contribution in [-0.4, -0.2) is 79.6 Å². The topological polar surface area (TPSA) is 117 Å². The summed E-state index contributed by atoms with van der Waals surface area (Å²) < 4.78 is 5.51. The SMILES string of the molecule is COc1ccccc1C1CCN(CN(CC(=O)O)Cc2ccccn2)CC1.[CH-]=O.[CH-]=O.[CH-]=O.[Re]. The van der Waals surface area contributed by atoms with E-state index in [0.717, 1.165) is 37.4 Å². The first-order valence-electron chi connectivity index (χ1n) is 10.1. The summed E-state index contributed by atoms with van der Waals surface area (Å²) in [5.74, 6) is 0.634. The fraction of sp³-hybridized carbons (Fsp3) is 0.375. The Bertz CT molecular complexity index is 787. The second kappa shape index (κ2) is 20.8. The van der Waals surface area contributed by atoms with Gasteiger partial charge in [0.15, 0.2) is 0 Å². The van der Waals surface area contributed by atoms with Crippen LogP contribution in [0.15, 0.2) is 48.7 Å². The molecule has 1 aromatic carbocycles. The third-order valence-electron chi connectivity index (χ3n) is 5.04. The van der Waals surface area contributed by atoms with Crippen LogP contribution in [0.3, 0.4) is 0 Å². The van der Waals surface area contributed by atoms with Gasteiger partial charge in [0, 0.05) is 33.2 Å². The molecule has 0 amide bonds. The van der Waals surface area contributed by atoms with Crippen molar-refractivity contribution in [1.29, 1.82) is 0 Å². The van der Waals surface area contributed by atoms with E-state index in [2.05, 4.69) is 42.4 Å². The predicted molar refractivity (Wildman–Crippen MR) is 124 cm³/mol. The number of pyridine rings is 1. The van der Waals surface area contributed by atoms with Gasteiger partial charge in [0.1, 0.15) is 5.75 Å². The fourth-order valence-electron chi connectivity index (χ4n) is 3.74. The molecule has 3 rings (SSSR count). The molecule has 0 spiro atoms. The minimum atomic E-state index is -0.810. The van der Waals surface area contributed by atoms with Crippen molar-refractivity contribution in [2.24, 2.45) is 0 Å². The molecule has 187 valence electrons. The summed E-state index contributed by atoms with van der Waals surface area (Å²) in [6.07, 6.45) is 3.84. The number of carboxylic acids is 1. The van der Waals surface area contributed by atoms with Crippen molar-refractivity contribution < 1.29 is 49.4 Å². The van der Waals surface area contributed by atoms with Gasteiger partial charge in [-0.15, -0.1) is 0 Å². The zero-order chi connectivity index (χ0) is 25.1. The Morgan fingerprint density at radius 2 is 1.65 bits per heavy atom. The van der Waals surface area contributed by atoms with E-state index in [1.54, 1.807) is 13.3 Å². The molecular formula is C24H30N3O6Re-3. The number of methoxy groups -OCH3 is 1. The first-order chi connectivity index (χ1) is 16.2. The van der Waals surface area contributed by atoms with Gasteiger partial charge in [0.25, 0.3) is 0 Å². The Morgan fingerprint density at radius 3 is 2.18 bits per heavy atom. The van der Waals surface area contributed by atoms with E-state index in [-0.39, 0.29) is 27.0 Å². The number of rotatable bonds is 8. The number of aromatic nitrogens is 1. The molecule has 1 saturated heterocycles. The molecule has 1 aliphatic rings. The van der Waals surface area contributed by atoms with E-state index < -0.39 is 5.97 Å². The van der Waals surface area contributed by atoms with Crippen LogP contribution in [0.1, 0.15) is 30.0 Å². The van der Waals surface area contributed by atoms with Crippen LogP contribution in [0.4, 0.5) is 0 Å². The molecule has 2 aromatic rings. The van der Waals surface area contributed by atoms with Crippen LogP contribution >= 0.6 is 0 Å². The average molecular weight is 643 g/mol. The molecule has 34 heavy (non-hydrogen) atoms. The number of aliphatic carboxylic acids is 1. The molecule has 1 aliphatic heterocycles. The summed E-state index contributed by atoms with van der Waals surface area (Å²) >= 11 is 0. The summed E-state index contributed by atoms with van der Waals surface area (Å²) in [4.78, 5) is 43.1. The van der Waals surface area contributed by atoms with Crippen LogP contribution in [0.5, 0.6) is 5.75 Å². The number of carbonyl (C=O) groups is 1. The molecule has 9 nitrogen and oxygen atoms in total. The minimum absolute atomic E-state index is 0. The first-order valence-corrected chi connectivity index (χ1v) is 10.1. The molecule has 2 heterocycles. The van der Waals surface area contributed by atoms with Crippen LogP contribution in [0, 0.1) is 0 Å². The van der Waals surface area contributed by atoms with E-state index in [9.17, 15) is 9.90 Å². The molecule has 1 N–H and O–H groups in total. The number of hydrogen-bond donors (Lipinski definition) is 1. The van der Waals surface area contributed by atoms with Gasteiger partial charge in [-0.05, 0) is 55.6 Å². The van der Waals surface area contributed by atoms with Crippen LogP contribution < -0.4 is 4.74 Å². The van der Waals surface area contributed by atoms with Crippen molar-refractivity contribution in [1.82, 2.24) is 14.8 Å². The first kappa shape index (κ1) is 33.4. The maximum Gasteiger partial charge on any atom is 0.317 e. The quantitative estimate of drug-likeness (QED) is 0.341. The van der Waals surface area contributed by atoms with Gasteiger partial charge < -0.3 is 24.2 Å². The fourth-order valence-corrected chi connectivity index (χ4v) is 3.74. The van der Waals surface area contributed by atoms with Crippen LogP contribution in [0.25, 0.3) is 0 Å². The monoisotopic (exact) mass is 643 g/mol. The molecule has 0 aliphatic carbocycles. The Morgan fingerprint density at radius 1 is 1.06 bits per heavy atom. The number of ether oxygens (including phenoxy) is 1. The zero-order valence-electron chi connectivity index (χ0n) is 19.1. The molecule has 1 radical (unpaired) electrons. The van der Waals surface area contributed by atoms with Crippen molar-refractivity contribution in [2.75, 3.05) is 33.4 Å². The maximum absolute atomic E-state index is 11.3. The summed E-state index contributed by atoms with van der Waals surface area (Å²) in [7, 11) is 1.72. The van der Waals surface area contributed by atoms with Gasteiger partial charge >= 0.3 is 5.97 Å². The normalized spacial score (nSPS) is 12.9. The van der Waals surface area contributed by atoms with Crippen molar-refractivity contribution in [3.8, 4) is 5.75 Å². The average Bonchev–Trinajstić information content (AvgIpc) is 2.88. The number of carboxylic acid groups (broad SMARTS) is 1. The number of hydrogen-bond acceptors (Lipinski definition) is 8. The number of para-hydroxylation sites is 1. The predicted octanol–water partition coefficient (Wildman–Crippen LogP) is 1.99. The van der Waals surface area contributed by atoms with Gasteiger partial charge in [-0.25, -0.2) is 0 Å². The minimum Gasteiger partial charge on any atom is -0.545 e. The largest absolute Gasteiger partial charge is 0.545 e. The van der Waals surface area contributed by atoms with Crippen molar-refractivity contribution in [3.63, 3.8) is 0 Å². The smallest absolute Gasteiger partial charge is 0.317 e. The van der Waals surface area contributed by atoms with E-state index >= 15 is 0 Å². The molecular weight excluding hydrogens is 612 g/mol. The van der Waals surface area contributed by atoms with Gasteiger partial charge in [0.05, 0.1) is 26.0 Å². The molecule has 1 aromatic heterocycles.